The van der Waals surface area contributed by atoms with Crippen LogP contribution < -0.4 is 29.8 Å². The summed E-state index contributed by atoms with van der Waals surface area (Å²) in [4.78, 5) is 33.4. The minimum Gasteiger partial charge on any atom is -0.493 e. The highest BCUT2D eigenvalue weighted by molar-refractivity contribution is 5.82. The van der Waals surface area contributed by atoms with Crippen molar-refractivity contribution in [2.45, 2.75) is 19.6 Å². The maximum Gasteiger partial charge on any atom is 0.262 e. The van der Waals surface area contributed by atoms with Crippen LogP contribution in [0.1, 0.15) is 11.4 Å². The predicted molar refractivity (Wildman–Crippen MR) is 130 cm³/mol. The lowest BCUT2D eigenvalue weighted by Crippen LogP contribution is -2.39. The quantitative estimate of drug-likeness (QED) is 0.493. The van der Waals surface area contributed by atoms with Crippen molar-refractivity contribution in [1.29, 1.82) is 0 Å². The summed E-state index contributed by atoms with van der Waals surface area (Å²) in [6.45, 7) is 3.38. The highest BCUT2D eigenvalue weighted by Gasteiger charge is 2.20. The van der Waals surface area contributed by atoms with E-state index in [-0.39, 0.29) is 31.3 Å². The third-order valence-corrected chi connectivity index (χ3v) is 6.24. The number of benzene rings is 2. The number of ether oxygens (including phenoxy) is 5. The van der Waals surface area contributed by atoms with Crippen LogP contribution in [-0.4, -0.2) is 67.7 Å². The first-order valence-corrected chi connectivity index (χ1v) is 11.7. The Morgan fingerprint density at radius 2 is 1.81 bits per heavy atom. The summed E-state index contributed by atoms with van der Waals surface area (Å²) < 4.78 is 28.4. The van der Waals surface area contributed by atoms with E-state index in [4.69, 9.17) is 28.7 Å². The predicted octanol–water partition coefficient (Wildman–Crippen LogP) is 1.29. The molecule has 1 amide bonds. The van der Waals surface area contributed by atoms with Crippen LogP contribution in [-0.2, 0) is 29.2 Å². The Kier molecular flexibility index (Phi) is 6.92. The molecule has 1 fully saturated rings. The van der Waals surface area contributed by atoms with Gasteiger partial charge in [-0.25, -0.2) is 4.98 Å². The second kappa shape index (κ2) is 10.4. The molecule has 0 bridgehead atoms. The van der Waals surface area contributed by atoms with Gasteiger partial charge >= 0.3 is 0 Å². The van der Waals surface area contributed by atoms with Gasteiger partial charge in [0.15, 0.2) is 23.0 Å². The lowest BCUT2D eigenvalue weighted by Gasteiger charge is -2.27. The van der Waals surface area contributed by atoms with Crippen LogP contribution in [0.3, 0.4) is 0 Å². The van der Waals surface area contributed by atoms with Crippen LogP contribution in [0.2, 0.25) is 0 Å². The molecule has 0 spiro atoms. The fourth-order valence-electron chi connectivity index (χ4n) is 4.29. The van der Waals surface area contributed by atoms with E-state index in [0.29, 0.717) is 59.5 Å². The number of hydrogen-bond donors (Lipinski definition) is 1. The molecule has 2 aliphatic heterocycles. The smallest absolute Gasteiger partial charge is 0.262 e. The average molecular weight is 497 g/mol. The molecular formula is C25H28N4O7. The molecule has 0 unspecified atom stereocenters. The molecule has 0 radical (unpaired) electrons. The molecule has 5 rings (SSSR count). The number of carbonyl (C=O) groups excluding carboxylic acids is 1. The average Bonchev–Trinajstić information content (AvgIpc) is 3.37. The molecule has 11 heteroatoms. The lowest BCUT2D eigenvalue weighted by molar-refractivity contribution is -0.121. The second-order valence-electron chi connectivity index (χ2n) is 8.50. The van der Waals surface area contributed by atoms with Gasteiger partial charge in [0.05, 0.1) is 44.9 Å². The first kappa shape index (κ1) is 23.9. The maximum atomic E-state index is 13.6. The zero-order chi connectivity index (χ0) is 25.1. The van der Waals surface area contributed by atoms with Crippen molar-refractivity contribution in [3.63, 3.8) is 0 Å². The zero-order valence-electron chi connectivity index (χ0n) is 20.2. The zero-order valence-corrected chi connectivity index (χ0v) is 20.2. The first-order chi connectivity index (χ1) is 17.6. The summed E-state index contributed by atoms with van der Waals surface area (Å²) in [5, 5.41) is 3.23. The molecule has 11 nitrogen and oxygen atoms in total. The summed E-state index contributed by atoms with van der Waals surface area (Å²) >= 11 is 0. The Morgan fingerprint density at radius 3 is 2.58 bits per heavy atom. The van der Waals surface area contributed by atoms with E-state index in [2.05, 4.69) is 10.2 Å². The van der Waals surface area contributed by atoms with E-state index < -0.39 is 0 Å². The van der Waals surface area contributed by atoms with Gasteiger partial charge in [-0.05, 0) is 23.8 Å². The van der Waals surface area contributed by atoms with E-state index in [1.807, 2.05) is 18.2 Å². The van der Waals surface area contributed by atoms with Crippen molar-refractivity contribution in [3.8, 4) is 23.0 Å². The molecule has 2 aliphatic rings. The van der Waals surface area contributed by atoms with Gasteiger partial charge in [-0.3, -0.25) is 19.1 Å². The molecular weight excluding hydrogens is 468 g/mol. The molecule has 3 aromatic rings. The second-order valence-corrected chi connectivity index (χ2v) is 8.50. The molecule has 1 aromatic heterocycles. The number of fused-ring (bicyclic) bond motifs is 2. The van der Waals surface area contributed by atoms with Crippen molar-refractivity contribution in [1.82, 2.24) is 19.8 Å². The van der Waals surface area contributed by atoms with Crippen LogP contribution >= 0.6 is 0 Å². The summed E-state index contributed by atoms with van der Waals surface area (Å²) in [6.07, 6.45) is 0. The summed E-state index contributed by atoms with van der Waals surface area (Å²) in [6, 6.07) is 8.78. The molecule has 1 N–H and O–H groups in total. The SMILES string of the molecule is COc1cc2nc(CN3CCOCC3)n(CC(=O)NCc3ccc4c(c3)OCO4)c(=O)c2cc1OC. The number of nitrogens with zero attached hydrogens (tertiary/aromatic N) is 3. The first-order valence-electron chi connectivity index (χ1n) is 11.7. The number of amides is 1. The van der Waals surface area contributed by atoms with Crippen molar-refractivity contribution >= 4 is 16.8 Å². The molecule has 3 heterocycles. The van der Waals surface area contributed by atoms with Crippen LogP contribution in [0.15, 0.2) is 35.1 Å². The van der Waals surface area contributed by atoms with Gasteiger partial charge in [0, 0.05) is 25.7 Å². The van der Waals surface area contributed by atoms with Crippen LogP contribution in [0.5, 0.6) is 23.0 Å². The third-order valence-electron chi connectivity index (χ3n) is 6.24. The Balaban J connectivity index is 1.42. The number of morpholine rings is 1. The number of hydrogen-bond acceptors (Lipinski definition) is 9. The van der Waals surface area contributed by atoms with E-state index >= 15 is 0 Å². The van der Waals surface area contributed by atoms with Crippen LogP contribution in [0.25, 0.3) is 10.9 Å². The molecule has 0 aliphatic carbocycles. The van der Waals surface area contributed by atoms with Crippen molar-refractivity contribution in [3.05, 3.63) is 52.1 Å². The normalized spacial score (nSPS) is 15.2. The Labute approximate surface area is 207 Å². The standard InChI is InChI=1S/C25H28N4O7/c1-32-20-10-17-18(11-21(20)33-2)27-23(13-28-5-7-34-8-6-28)29(25(17)31)14-24(30)26-12-16-3-4-19-22(9-16)36-15-35-19/h3-4,9-11H,5-8,12-15H2,1-2H3,(H,26,30). The fourth-order valence-corrected chi connectivity index (χ4v) is 4.29. The van der Waals surface area contributed by atoms with Crippen LogP contribution in [0.4, 0.5) is 0 Å². The summed E-state index contributed by atoms with van der Waals surface area (Å²) in [5.41, 5.74) is 1.03. The Hall–Kier alpha value is -3.83. The highest BCUT2D eigenvalue weighted by atomic mass is 16.7. The molecule has 0 saturated carbocycles. The summed E-state index contributed by atoms with van der Waals surface area (Å²) in [5.74, 6) is 2.42. The van der Waals surface area contributed by atoms with E-state index in [1.54, 1.807) is 12.1 Å². The highest BCUT2D eigenvalue weighted by Crippen LogP contribution is 2.32. The Bertz CT molecular complexity index is 1330. The van der Waals surface area contributed by atoms with Gasteiger partial charge in [-0.1, -0.05) is 6.07 Å². The molecule has 36 heavy (non-hydrogen) atoms. The molecule has 190 valence electrons. The Morgan fingerprint density at radius 1 is 1.06 bits per heavy atom. The van der Waals surface area contributed by atoms with Gasteiger partial charge in [0.1, 0.15) is 12.4 Å². The van der Waals surface area contributed by atoms with Crippen molar-refractivity contribution in [2.75, 3.05) is 47.3 Å². The topological polar surface area (TPSA) is 113 Å². The number of nitrogens with one attached hydrogen (secondary N) is 1. The minimum absolute atomic E-state index is 0.166. The molecule has 0 atom stereocenters. The number of methoxy groups -OCH3 is 2. The molecule has 1 saturated heterocycles. The minimum atomic E-state index is -0.317. The summed E-state index contributed by atoms with van der Waals surface area (Å²) in [7, 11) is 3.04. The van der Waals surface area contributed by atoms with Gasteiger partial charge in [-0.2, -0.15) is 0 Å². The van der Waals surface area contributed by atoms with Gasteiger partial charge in [0.25, 0.3) is 5.56 Å². The maximum absolute atomic E-state index is 13.6. The van der Waals surface area contributed by atoms with Crippen molar-refractivity contribution in [2.24, 2.45) is 0 Å². The number of carbonyl (C=O) groups is 1. The van der Waals surface area contributed by atoms with Gasteiger partial charge in [-0.15, -0.1) is 0 Å². The van der Waals surface area contributed by atoms with Gasteiger partial charge in [0.2, 0.25) is 12.7 Å². The van der Waals surface area contributed by atoms with E-state index in [0.717, 1.165) is 18.7 Å². The number of aromatic nitrogens is 2. The fraction of sp³-hybridized carbons (Fsp3) is 0.400. The lowest BCUT2D eigenvalue weighted by atomic mass is 10.2. The van der Waals surface area contributed by atoms with E-state index in [9.17, 15) is 9.59 Å². The number of rotatable bonds is 8. The molecule has 2 aromatic carbocycles. The van der Waals surface area contributed by atoms with Crippen molar-refractivity contribution < 1.29 is 28.5 Å². The van der Waals surface area contributed by atoms with E-state index in [1.165, 1.54) is 18.8 Å². The third kappa shape index (κ3) is 4.93. The monoisotopic (exact) mass is 496 g/mol. The van der Waals surface area contributed by atoms with Crippen LogP contribution in [0, 0.1) is 0 Å². The van der Waals surface area contributed by atoms with Gasteiger partial charge < -0.3 is 29.0 Å². The largest absolute Gasteiger partial charge is 0.493 e.